The van der Waals surface area contributed by atoms with Gasteiger partial charge in [-0.25, -0.2) is 14.5 Å². The molecule has 11 heteroatoms. The topological polar surface area (TPSA) is 106 Å². The molecule has 1 aromatic carbocycles. The predicted molar refractivity (Wildman–Crippen MR) is 113 cm³/mol. The molecule has 1 aliphatic rings. The molecule has 0 saturated heterocycles. The Kier molecular flexibility index (Phi) is 4.81. The lowest BCUT2D eigenvalue weighted by molar-refractivity contribution is -0.143. The number of hydrogen-bond donors (Lipinski definition) is 2. The van der Waals surface area contributed by atoms with E-state index in [2.05, 4.69) is 10.1 Å². The highest BCUT2D eigenvalue weighted by Gasteiger charge is 2.34. The van der Waals surface area contributed by atoms with E-state index in [-0.39, 0.29) is 22.4 Å². The third-order valence-corrected chi connectivity index (χ3v) is 7.20. The lowest BCUT2D eigenvalue weighted by Gasteiger charge is -2.24. The van der Waals surface area contributed by atoms with Crippen molar-refractivity contribution in [2.45, 2.75) is 37.8 Å². The summed E-state index contributed by atoms with van der Waals surface area (Å²) in [7, 11) is 0. The molecule has 32 heavy (non-hydrogen) atoms. The second-order valence-electron chi connectivity index (χ2n) is 7.94. The van der Waals surface area contributed by atoms with E-state index in [9.17, 15) is 23.1 Å². The van der Waals surface area contributed by atoms with Crippen molar-refractivity contribution in [2.75, 3.05) is 5.73 Å². The summed E-state index contributed by atoms with van der Waals surface area (Å²) < 4.78 is 42.2. The van der Waals surface area contributed by atoms with E-state index < -0.39 is 17.7 Å². The summed E-state index contributed by atoms with van der Waals surface area (Å²) in [5.74, 6) is -0.390. The Labute approximate surface area is 183 Å². The van der Waals surface area contributed by atoms with E-state index >= 15 is 0 Å². The number of nitrogen functional groups attached to an aromatic ring is 1. The van der Waals surface area contributed by atoms with E-state index in [1.54, 1.807) is 16.6 Å². The maximum absolute atomic E-state index is 13.5. The first-order valence-electron chi connectivity index (χ1n) is 10.1. The zero-order valence-corrected chi connectivity index (χ0v) is 17.5. The molecule has 0 atom stereocenters. The fourth-order valence-corrected chi connectivity index (χ4v) is 5.60. The van der Waals surface area contributed by atoms with Crippen molar-refractivity contribution < 1.29 is 23.1 Å². The van der Waals surface area contributed by atoms with E-state index in [4.69, 9.17) is 10.7 Å². The number of aliphatic carboxylic acids is 1. The molecule has 0 aliphatic heterocycles. The Balaban J connectivity index is 1.64. The maximum Gasteiger partial charge on any atom is 0.417 e. The highest BCUT2D eigenvalue weighted by Crippen LogP contribution is 2.44. The van der Waals surface area contributed by atoms with Crippen molar-refractivity contribution in [3.63, 3.8) is 0 Å². The van der Waals surface area contributed by atoms with E-state index in [1.807, 2.05) is 0 Å². The zero-order valence-electron chi connectivity index (χ0n) is 16.6. The van der Waals surface area contributed by atoms with Crippen LogP contribution >= 0.6 is 11.3 Å². The first-order valence-corrected chi connectivity index (χ1v) is 10.9. The van der Waals surface area contributed by atoms with E-state index in [0.29, 0.717) is 53.0 Å². The van der Waals surface area contributed by atoms with Crippen LogP contribution < -0.4 is 5.73 Å². The van der Waals surface area contributed by atoms with Gasteiger partial charge in [-0.2, -0.15) is 18.3 Å². The predicted octanol–water partition coefficient (Wildman–Crippen LogP) is 4.97. The number of carbonyl (C=O) groups is 1. The van der Waals surface area contributed by atoms with Gasteiger partial charge in [0.25, 0.3) is 0 Å². The molecule has 1 saturated carbocycles. The summed E-state index contributed by atoms with van der Waals surface area (Å²) in [6.07, 6.45) is -0.833. The van der Waals surface area contributed by atoms with Crippen LogP contribution in [-0.4, -0.2) is 30.7 Å². The van der Waals surface area contributed by atoms with Crippen LogP contribution in [0.4, 0.5) is 19.0 Å². The van der Waals surface area contributed by atoms with E-state index in [0.717, 1.165) is 17.4 Å². The fourth-order valence-electron chi connectivity index (χ4n) is 4.41. The number of carboxylic acid groups (broad SMARTS) is 1. The summed E-state index contributed by atoms with van der Waals surface area (Å²) in [5.41, 5.74) is 6.32. The van der Waals surface area contributed by atoms with Gasteiger partial charge in [0.2, 0.25) is 0 Å². The van der Waals surface area contributed by atoms with Crippen molar-refractivity contribution in [1.82, 2.24) is 19.6 Å². The molecule has 4 aromatic rings. The first kappa shape index (κ1) is 20.7. The van der Waals surface area contributed by atoms with Gasteiger partial charge in [0, 0.05) is 10.6 Å². The normalized spacial score (nSPS) is 19.6. The number of anilines is 1. The van der Waals surface area contributed by atoms with Gasteiger partial charge >= 0.3 is 12.1 Å². The number of halogens is 3. The van der Waals surface area contributed by atoms with Gasteiger partial charge in [-0.05, 0) is 43.2 Å². The van der Waals surface area contributed by atoms with Crippen LogP contribution in [0.25, 0.3) is 26.2 Å². The molecule has 5 rings (SSSR count). The monoisotopic (exact) mass is 461 g/mol. The quantitative estimate of drug-likeness (QED) is 0.446. The molecule has 0 amide bonds. The number of hydrogen-bond acceptors (Lipinski definition) is 6. The van der Waals surface area contributed by atoms with Gasteiger partial charge in [-0.3, -0.25) is 4.79 Å². The number of nitrogens with two attached hydrogens (primary N) is 1. The third-order valence-electron chi connectivity index (χ3n) is 6.01. The molecule has 3 N–H and O–H groups in total. The number of thiophene rings is 1. The van der Waals surface area contributed by atoms with Crippen molar-refractivity contribution in [3.8, 4) is 10.6 Å². The molecule has 166 valence electrons. The highest BCUT2D eigenvalue weighted by molar-refractivity contribution is 7.22. The second-order valence-corrected chi connectivity index (χ2v) is 9.00. The van der Waals surface area contributed by atoms with Gasteiger partial charge in [0.15, 0.2) is 5.82 Å². The molecule has 1 fully saturated rings. The molecule has 3 heterocycles. The number of rotatable bonds is 3. The number of imidazole rings is 1. The average Bonchev–Trinajstić information content (AvgIpc) is 3.35. The van der Waals surface area contributed by atoms with Gasteiger partial charge in [0.05, 0.1) is 16.4 Å². The molecular weight excluding hydrogens is 443 g/mol. The molecule has 0 radical (unpaired) electrons. The lowest BCUT2D eigenvalue weighted by Crippen LogP contribution is -2.21. The third kappa shape index (κ3) is 3.36. The summed E-state index contributed by atoms with van der Waals surface area (Å²) in [6, 6.07) is 5.76. The van der Waals surface area contributed by atoms with Crippen LogP contribution in [0.1, 0.15) is 43.0 Å². The number of nitrogens with zero attached hydrogens (tertiary/aromatic N) is 4. The Morgan fingerprint density at radius 3 is 2.66 bits per heavy atom. The number of aromatic nitrogens is 4. The zero-order chi connectivity index (χ0) is 22.6. The second kappa shape index (κ2) is 7.44. The molecule has 0 bridgehead atoms. The highest BCUT2D eigenvalue weighted by atomic mass is 32.1. The Morgan fingerprint density at radius 1 is 1.22 bits per heavy atom. The summed E-state index contributed by atoms with van der Waals surface area (Å²) >= 11 is 1.01. The van der Waals surface area contributed by atoms with Crippen LogP contribution in [-0.2, 0) is 11.0 Å². The van der Waals surface area contributed by atoms with Crippen molar-refractivity contribution in [3.05, 3.63) is 42.0 Å². The number of alkyl halides is 3. The summed E-state index contributed by atoms with van der Waals surface area (Å²) in [5, 5.41) is 14.0. The SMILES string of the molecule is Nc1ncnn2c1c(-c1cc3cccc(C(F)(F)F)c3s1)nc2[C@H]1CC[C@H](C(=O)O)CC1. The minimum Gasteiger partial charge on any atom is -0.481 e. The lowest BCUT2D eigenvalue weighted by atomic mass is 9.82. The Morgan fingerprint density at radius 2 is 1.97 bits per heavy atom. The molecule has 0 unspecified atom stereocenters. The largest absolute Gasteiger partial charge is 0.481 e. The Hall–Kier alpha value is -3.21. The summed E-state index contributed by atoms with van der Waals surface area (Å²) in [6.45, 7) is 0. The van der Waals surface area contributed by atoms with Crippen LogP contribution in [0.3, 0.4) is 0 Å². The standard InChI is InChI=1S/C21H18F3N5O2S/c22-21(23,24)13-3-1-2-12-8-14(32-17(12)13)15-16-18(25)26-9-27-29(16)19(28-15)10-4-6-11(7-5-10)20(30)31/h1-3,8-11H,4-7H2,(H,30,31)(H2,25,26,27)/t10-,11-. The summed E-state index contributed by atoms with van der Waals surface area (Å²) in [4.78, 5) is 20.6. The van der Waals surface area contributed by atoms with Crippen LogP contribution in [0, 0.1) is 5.92 Å². The van der Waals surface area contributed by atoms with Gasteiger partial charge < -0.3 is 10.8 Å². The smallest absolute Gasteiger partial charge is 0.417 e. The molecule has 3 aromatic heterocycles. The van der Waals surface area contributed by atoms with Crippen LogP contribution in [0.5, 0.6) is 0 Å². The van der Waals surface area contributed by atoms with Gasteiger partial charge in [0.1, 0.15) is 23.4 Å². The van der Waals surface area contributed by atoms with Crippen molar-refractivity contribution >= 4 is 38.7 Å². The minimum absolute atomic E-state index is 0.0266. The molecule has 0 spiro atoms. The van der Waals surface area contributed by atoms with Gasteiger partial charge in [-0.15, -0.1) is 11.3 Å². The Bertz CT molecular complexity index is 1340. The number of fused-ring (bicyclic) bond motifs is 2. The fraction of sp³-hybridized carbons (Fsp3) is 0.333. The van der Waals surface area contributed by atoms with Crippen molar-refractivity contribution in [1.29, 1.82) is 0 Å². The number of carboxylic acids is 1. The van der Waals surface area contributed by atoms with Gasteiger partial charge in [-0.1, -0.05) is 12.1 Å². The number of benzene rings is 1. The molecule has 7 nitrogen and oxygen atoms in total. The molecule has 1 aliphatic carbocycles. The van der Waals surface area contributed by atoms with Crippen molar-refractivity contribution in [2.24, 2.45) is 5.92 Å². The average molecular weight is 461 g/mol. The van der Waals surface area contributed by atoms with Crippen LogP contribution in [0.2, 0.25) is 0 Å². The van der Waals surface area contributed by atoms with Crippen LogP contribution in [0.15, 0.2) is 30.6 Å². The van der Waals surface area contributed by atoms with E-state index in [1.165, 1.54) is 12.4 Å². The first-order chi connectivity index (χ1) is 15.2. The maximum atomic E-state index is 13.5. The minimum atomic E-state index is -4.46. The molecular formula is C21H18F3N5O2S.